The highest BCUT2D eigenvalue weighted by molar-refractivity contribution is 4.76. The number of aliphatic hydroxyl groups excluding tert-OH is 1. The third-order valence-corrected chi connectivity index (χ3v) is 4.11. The Balaban J connectivity index is 1.54. The van der Waals surface area contributed by atoms with Crippen LogP contribution in [-0.4, -0.2) is 87.2 Å². The molecule has 2 saturated heterocycles. The third-order valence-electron chi connectivity index (χ3n) is 4.11. The molecular weight excluding hydrogens is 244 g/mol. The number of morpholine rings is 1. The van der Waals surface area contributed by atoms with Crippen LogP contribution in [0.2, 0.25) is 0 Å². The number of rotatable bonds is 7. The van der Waals surface area contributed by atoms with Gasteiger partial charge in [-0.3, -0.25) is 4.90 Å². The van der Waals surface area contributed by atoms with Crippen molar-refractivity contribution < 1.29 is 14.6 Å². The Labute approximate surface area is 116 Å². The lowest BCUT2D eigenvalue weighted by molar-refractivity contribution is 0.0218. The molecule has 2 rings (SSSR count). The summed E-state index contributed by atoms with van der Waals surface area (Å²) in [5.41, 5.74) is 0. The van der Waals surface area contributed by atoms with E-state index in [1.165, 1.54) is 32.5 Å². The SMILES string of the molecule is OCCOCCN1CCC(CN2CCOCC2)CC1. The van der Waals surface area contributed by atoms with Gasteiger partial charge in [-0.25, -0.2) is 0 Å². The predicted octanol–water partition coefficient (Wildman–Crippen LogP) is 0.0395. The summed E-state index contributed by atoms with van der Waals surface area (Å²) in [7, 11) is 0. The minimum absolute atomic E-state index is 0.127. The van der Waals surface area contributed by atoms with Crippen molar-refractivity contribution in [2.75, 3.05) is 72.3 Å². The predicted molar refractivity (Wildman–Crippen MR) is 74.3 cm³/mol. The molecule has 0 unspecified atom stereocenters. The summed E-state index contributed by atoms with van der Waals surface area (Å²) in [6, 6.07) is 0. The van der Waals surface area contributed by atoms with Crippen molar-refractivity contribution in [2.24, 2.45) is 5.92 Å². The average Bonchev–Trinajstić information content (AvgIpc) is 2.46. The summed E-state index contributed by atoms with van der Waals surface area (Å²) >= 11 is 0. The maximum Gasteiger partial charge on any atom is 0.0698 e. The van der Waals surface area contributed by atoms with E-state index in [-0.39, 0.29) is 6.61 Å². The Morgan fingerprint density at radius 2 is 1.74 bits per heavy atom. The molecule has 5 heteroatoms. The molecular formula is C14H28N2O3. The normalized spacial score (nSPS) is 23.8. The third kappa shape index (κ3) is 5.75. The van der Waals surface area contributed by atoms with E-state index in [1.807, 2.05) is 0 Å². The van der Waals surface area contributed by atoms with Gasteiger partial charge in [-0.05, 0) is 31.8 Å². The lowest BCUT2D eigenvalue weighted by Crippen LogP contribution is -2.43. The molecule has 2 aliphatic rings. The van der Waals surface area contributed by atoms with Crippen molar-refractivity contribution in [3.05, 3.63) is 0 Å². The first-order valence-electron chi connectivity index (χ1n) is 7.59. The number of likely N-dealkylation sites (tertiary alicyclic amines) is 1. The number of aliphatic hydroxyl groups is 1. The lowest BCUT2D eigenvalue weighted by Gasteiger charge is -2.36. The van der Waals surface area contributed by atoms with E-state index < -0.39 is 0 Å². The molecule has 112 valence electrons. The summed E-state index contributed by atoms with van der Waals surface area (Å²) in [6.45, 7) is 9.99. The van der Waals surface area contributed by atoms with Crippen LogP contribution in [0.15, 0.2) is 0 Å². The van der Waals surface area contributed by atoms with Crippen LogP contribution in [0.5, 0.6) is 0 Å². The standard InChI is InChI=1S/C14H28N2O3/c17-8-12-19-9-5-15-3-1-14(2-4-15)13-16-6-10-18-11-7-16/h14,17H,1-13H2. The molecule has 2 heterocycles. The van der Waals surface area contributed by atoms with Gasteiger partial charge in [0.25, 0.3) is 0 Å². The molecule has 1 N–H and O–H groups in total. The average molecular weight is 272 g/mol. The molecule has 0 aromatic heterocycles. The molecule has 0 bridgehead atoms. The second kappa shape index (κ2) is 8.87. The van der Waals surface area contributed by atoms with Gasteiger partial charge >= 0.3 is 0 Å². The molecule has 0 aromatic rings. The van der Waals surface area contributed by atoms with Crippen LogP contribution in [0.25, 0.3) is 0 Å². The molecule has 2 aliphatic heterocycles. The van der Waals surface area contributed by atoms with Gasteiger partial charge in [0, 0.05) is 26.2 Å². The van der Waals surface area contributed by atoms with E-state index in [2.05, 4.69) is 9.80 Å². The fraction of sp³-hybridized carbons (Fsp3) is 1.00. The van der Waals surface area contributed by atoms with Crippen molar-refractivity contribution in [2.45, 2.75) is 12.8 Å². The minimum atomic E-state index is 0.127. The Hall–Kier alpha value is -0.200. The molecule has 2 fully saturated rings. The smallest absolute Gasteiger partial charge is 0.0698 e. The second-order valence-corrected chi connectivity index (χ2v) is 5.53. The van der Waals surface area contributed by atoms with Crippen LogP contribution in [0.4, 0.5) is 0 Å². The van der Waals surface area contributed by atoms with Crippen LogP contribution in [0.1, 0.15) is 12.8 Å². The zero-order valence-corrected chi connectivity index (χ0v) is 11.9. The van der Waals surface area contributed by atoms with Gasteiger partial charge in [0.2, 0.25) is 0 Å². The van der Waals surface area contributed by atoms with Gasteiger partial charge in [0.05, 0.1) is 33.0 Å². The van der Waals surface area contributed by atoms with E-state index in [0.29, 0.717) is 6.61 Å². The van der Waals surface area contributed by atoms with Gasteiger partial charge < -0.3 is 19.5 Å². The van der Waals surface area contributed by atoms with Gasteiger partial charge in [0.15, 0.2) is 0 Å². The molecule has 0 atom stereocenters. The van der Waals surface area contributed by atoms with Crippen LogP contribution in [0, 0.1) is 5.92 Å². The van der Waals surface area contributed by atoms with E-state index in [9.17, 15) is 0 Å². The maximum atomic E-state index is 8.64. The van der Waals surface area contributed by atoms with E-state index in [4.69, 9.17) is 14.6 Å². The first-order valence-corrected chi connectivity index (χ1v) is 7.59. The fourth-order valence-corrected chi connectivity index (χ4v) is 2.90. The first-order chi connectivity index (χ1) is 9.38. The zero-order valence-electron chi connectivity index (χ0n) is 11.9. The summed E-state index contributed by atoms with van der Waals surface area (Å²) in [5.74, 6) is 0.854. The largest absolute Gasteiger partial charge is 0.394 e. The lowest BCUT2D eigenvalue weighted by atomic mass is 9.96. The van der Waals surface area contributed by atoms with Crippen molar-refractivity contribution in [1.82, 2.24) is 9.80 Å². The molecule has 0 spiro atoms. The van der Waals surface area contributed by atoms with Gasteiger partial charge in [0.1, 0.15) is 0 Å². The number of ether oxygens (including phenoxy) is 2. The van der Waals surface area contributed by atoms with Crippen LogP contribution >= 0.6 is 0 Å². The van der Waals surface area contributed by atoms with E-state index in [1.54, 1.807) is 0 Å². The van der Waals surface area contributed by atoms with Crippen molar-refractivity contribution in [3.8, 4) is 0 Å². The van der Waals surface area contributed by atoms with Gasteiger partial charge in [-0.15, -0.1) is 0 Å². The Morgan fingerprint density at radius 3 is 2.42 bits per heavy atom. The molecule has 5 nitrogen and oxygen atoms in total. The Kier molecular flexibility index (Phi) is 7.09. The summed E-state index contributed by atoms with van der Waals surface area (Å²) in [6.07, 6.45) is 2.61. The number of hydrogen-bond acceptors (Lipinski definition) is 5. The Bertz CT molecular complexity index is 227. The van der Waals surface area contributed by atoms with Gasteiger partial charge in [-0.2, -0.15) is 0 Å². The van der Waals surface area contributed by atoms with Crippen molar-refractivity contribution >= 4 is 0 Å². The number of piperidine rings is 1. The monoisotopic (exact) mass is 272 g/mol. The number of hydrogen-bond donors (Lipinski definition) is 1. The highest BCUT2D eigenvalue weighted by Gasteiger charge is 2.22. The molecule has 0 saturated carbocycles. The van der Waals surface area contributed by atoms with Crippen molar-refractivity contribution in [1.29, 1.82) is 0 Å². The summed E-state index contributed by atoms with van der Waals surface area (Å²) < 4.78 is 10.7. The molecule has 0 radical (unpaired) electrons. The molecule has 0 aliphatic carbocycles. The fourth-order valence-electron chi connectivity index (χ4n) is 2.90. The highest BCUT2D eigenvalue weighted by atomic mass is 16.5. The second-order valence-electron chi connectivity index (χ2n) is 5.53. The van der Waals surface area contributed by atoms with E-state index >= 15 is 0 Å². The molecule has 0 amide bonds. The van der Waals surface area contributed by atoms with Crippen LogP contribution < -0.4 is 0 Å². The maximum absolute atomic E-state index is 8.64. The first kappa shape index (κ1) is 15.2. The highest BCUT2D eigenvalue weighted by Crippen LogP contribution is 2.18. The zero-order chi connectivity index (χ0) is 13.3. The molecule has 19 heavy (non-hydrogen) atoms. The number of nitrogens with zero attached hydrogens (tertiary/aromatic N) is 2. The summed E-state index contributed by atoms with van der Waals surface area (Å²) in [5, 5.41) is 8.64. The molecule has 0 aromatic carbocycles. The van der Waals surface area contributed by atoms with E-state index in [0.717, 1.165) is 45.4 Å². The van der Waals surface area contributed by atoms with Crippen molar-refractivity contribution in [3.63, 3.8) is 0 Å². The van der Waals surface area contributed by atoms with Crippen LogP contribution in [-0.2, 0) is 9.47 Å². The topological polar surface area (TPSA) is 45.2 Å². The van der Waals surface area contributed by atoms with Gasteiger partial charge in [-0.1, -0.05) is 0 Å². The summed E-state index contributed by atoms with van der Waals surface area (Å²) in [4.78, 5) is 5.03. The quantitative estimate of drug-likeness (QED) is 0.663. The minimum Gasteiger partial charge on any atom is -0.394 e. The van der Waals surface area contributed by atoms with Crippen LogP contribution in [0.3, 0.4) is 0 Å². The Morgan fingerprint density at radius 1 is 1.00 bits per heavy atom.